The molecule has 5 rings (SSSR count). The van der Waals surface area contributed by atoms with Gasteiger partial charge in [0.25, 0.3) is 5.56 Å². The third kappa shape index (κ3) is 4.36. The molecule has 3 aromatic carbocycles. The lowest BCUT2D eigenvalue weighted by Gasteiger charge is -2.08. The van der Waals surface area contributed by atoms with Gasteiger partial charge in [-0.05, 0) is 76.7 Å². The average Bonchev–Trinajstić information content (AvgIpc) is 3.32. The zero-order valence-electron chi connectivity index (χ0n) is 18.4. The summed E-state index contributed by atoms with van der Waals surface area (Å²) in [6.45, 7) is -0.0345. The van der Waals surface area contributed by atoms with Crippen LogP contribution in [0, 0.1) is 14.9 Å². The second-order valence-corrected chi connectivity index (χ2v) is 8.60. The molecule has 0 aliphatic carbocycles. The first-order valence-corrected chi connectivity index (χ1v) is 11.6. The van der Waals surface area contributed by atoms with Crippen LogP contribution in [0.15, 0.2) is 81.0 Å². The van der Waals surface area contributed by atoms with Crippen LogP contribution >= 0.6 is 22.6 Å². The second-order valence-electron chi connectivity index (χ2n) is 7.43. The van der Waals surface area contributed by atoms with Crippen LogP contribution in [0.3, 0.4) is 0 Å². The first-order chi connectivity index (χ1) is 17.1. The van der Waals surface area contributed by atoms with E-state index in [0.29, 0.717) is 33.7 Å². The van der Waals surface area contributed by atoms with E-state index in [1.54, 1.807) is 49.7 Å². The van der Waals surface area contributed by atoms with Crippen LogP contribution in [0.1, 0.15) is 5.56 Å². The normalized spacial score (nSPS) is 11.2. The average molecular weight is 576 g/mol. The molecule has 0 N–H and O–H groups in total. The van der Waals surface area contributed by atoms with Gasteiger partial charge in [-0.25, -0.2) is 4.98 Å². The summed E-state index contributed by atoms with van der Waals surface area (Å²) in [6.07, 6.45) is 1.57. The Labute approximate surface area is 213 Å². The predicted molar refractivity (Wildman–Crippen MR) is 141 cm³/mol. The quantitative estimate of drug-likeness (QED) is 0.203. The Morgan fingerprint density at radius 3 is 2.77 bits per heavy atom. The molecule has 0 atom stereocenters. The maximum absolute atomic E-state index is 13.4. The summed E-state index contributed by atoms with van der Waals surface area (Å²) in [7, 11) is 1.59. The molecule has 2 heterocycles. The molecular weight excluding hydrogens is 559 g/mol. The zero-order valence-corrected chi connectivity index (χ0v) is 20.6. The lowest BCUT2D eigenvalue weighted by atomic mass is 10.2. The molecule has 0 unspecified atom stereocenters. The molecule has 0 radical (unpaired) electrons. The fourth-order valence-electron chi connectivity index (χ4n) is 3.66. The van der Waals surface area contributed by atoms with Crippen LogP contribution in [0.2, 0.25) is 0 Å². The highest BCUT2D eigenvalue weighted by atomic mass is 127. The number of para-hydroxylation sites is 1. The number of ether oxygens (including phenoxy) is 2. The number of halogens is 1. The Balaban J connectivity index is 1.65. The minimum atomic E-state index is -0.321. The third-order valence-corrected chi connectivity index (χ3v) is 6.13. The first kappa shape index (κ1) is 22.6. The number of nitriles is 1. The molecule has 0 bridgehead atoms. The fraction of sp³-hybridized carbons (Fsp3) is 0.0769. The SMILES string of the molecule is COc1cccc2oc(-c3nc4ccccc4c(=O)n3N=Cc3ccc(OCC#N)c(I)c3)cc12. The Bertz CT molecular complexity index is 1700. The van der Waals surface area contributed by atoms with Gasteiger partial charge >= 0.3 is 0 Å². The molecule has 5 aromatic rings. The van der Waals surface area contributed by atoms with Crippen LogP contribution in [0.25, 0.3) is 33.5 Å². The van der Waals surface area contributed by atoms with Crippen LogP contribution in [-0.2, 0) is 0 Å². The summed E-state index contributed by atoms with van der Waals surface area (Å²) in [6, 6.07) is 21.7. The van der Waals surface area contributed by atoms with E-state index in [1.807, 2.05) is 36.4 Å². The molecular formula is C26H17IN4O4. The van der Waals surface area contributed by atoms with Crippen molar-refractivity contribution in [2.75, 3.05) is 13.7 Å². The van der Waals surface area contributed by atoms with Gasteiger partial charge in [-0.3, -0.25) is 4.79 Å². The minimum Gasteiger partial charge on any atom is -0.496 e. The fourth-order valence-corrected chi connectivity index (χ4v) is 4.36. The molecule has 2 aromatic heterocycles. The van der Waals surface area contributed by atoms with E-state index in [2.05, 4.69) is 27.7 Å². The predicted octanol–water partition coefficient (Wildman–Crippen LogP) is 5.21. The molecule has 0 saturated heterocycles. The second kappa shape index (κ2) is 9.60. The van der Waals surface area contributed by atoms with Crippen LogP contribution in [0.5, 0.6) is 11.5 Å². The van der Waals surface area contributed by atoms with Gasteiger partial charge in [-0.1, -0.05) is 18.2 Å². The maximum Gasteiger partial charge on any atom is 0.282 e. The minimum absolute atomic E-state index is 0.0345. The van der Waals surface area contributed by atoms with Crippen molar-refractivity contribution in [2.45, 2.75) is 0 Å². The van der Waals surface area contributed by atoms with Crippen molar-refractivity contribution in [1.82, 2.24) is 9.66 Å². The van der Waals surface area contributed by atoms with Gasteiger partial charge < -0.3 is 13.9 Å². The van der Waals surface area contributed by atoms with E-state index >= 15 is 0 Å². The van der Waals surface area contributed by atoms with E-state index in [1.165, 1.54) is 4.68 Å². The summed E-state index contributed by atoms with van der Waals surface area (Å²) >= 11 is 2.12. The van der Waals surface area contributed by atoms with Crippen molar-refractivity contribution in [1.29, 1.82) is 5.26 Å². The van der Waals surface area contributed by atoms with Crippen molar-refractivity contribution in [3.05, 3.63) is 86.2 Å². The molecule has 0 aliphatic heterocycles. The summed E-state index contributed by atoms with van der Waals surface area (Å²) in [5.41, 5.74) is 1.58. The number of rotatable bonds is 6. The number of furan rings is 1. The van der Waals surface area contributed by atoms with Gasteiger partial charge in [0.15, 0.2) is 12.4 Å². The smallest absolute Gasteiger partial charge is 0.282 e. The largest absolute Gasteiger partial charge is 0.496 e. The monoisotopic (exact) mass is 576 g/mol. The van der Waals surface area contributed by atoms with Crippen molar-refractivity contribution in [3.8, 4) is 29.2 Å². The van der Waals surface area contributed by atoms with Gasteiger partial charge in [0, 0.05) is 0 Å². The zero-order chi connectivity index (χ0) is 24.4. The molecule has 172 valence electrons. The molecule has 9 heteroatoms. The molecule has 0 aliphatic rings. The number of hydrogen-bond donors (Lipinski definition) is 0. The molecule has 35 heavy (non-hydrogen) atoms. The Kier molecular flexibility index (Phi) is 6.20. The van der Waals surface area contributed by atoms with Crippen molar-refractivity contribution in [2.24, 2.45) is 5.10 Å². The molecule has 8 nitrogen and oxygen atoms in total. The van der Waals surface area contributed by atoms with E-state index in [4.69, 9.17) is 24.1 Å². The van der Waals surface area contributed by atoms with Crippen molar-refractivity contribution < 1.29 is 13.9 Å². The first-order valence-electron chi connectivity index (χ1n) is 10.5. The summed E-state index contributed by atoms with van der Waals surface area (Å²) in [4.78, 5) is 18.1. The van der Waals surface area contributed by atoms with Crippen LogP contribution in [-0.4, -0.2) is 29.6 Å². The number of nitrogens with zero attached hydrogens (tertiary/aromatic N) is 4. The lowest BCUT2D eigenvalue weighted by Crippen LogP contribution is -2.20. The molecule has 0 amide bonds. The molecule has 0 saturated carbocycles. The van der Waals surface area contributed by atoms with Gasteiger partial charge in [-0.2, -0.15) is 15.0 Å². The highest BCUT2D eigenvalue weighted by Gasteiger charge is 2.17. The number of benzene rings is 3. The topological polar surface area (TPSA) is 103 Å². The Morgan fingerprint density at radius 2 is 1.97 bits per heavy atom. The van der Waals surface area contributed by atoms with Gasteiger partial charge in [0.2, 0.25) is 5.82 Å². The van der Waals surface area contributed by atoms with Crippen LogP contribution < -0.4 is 15.0 Å². The van der Waals surface area contributed by atoms with E-state index in [-0.39, 0.29) is 18.0 Å². The molecule has 0 fully saturated rings. The van der Waals surface area contributed by atoms with Gasteiger partial charge in [0.05, 0.1) is 33.2 Å². The van der Waals surface area contributed by atoms with E-state index in [0.717, 1.165) is 14.5 Å². The van der Waals surface area contributed by atoms with E-state index < -0.39 is 0 Å². The third-order valence-electron chi connectivity index (χ3n) is 5.29. The number of fused-ring (bicyclic) bond motifs is 2. The van der Waals surface area contributed by atoms with Crippen molar-refractivity contribution >= 4 is 50.7 Å². The van der Waals surface area contributed by atoms with Crippen molar-refractivity contribution in [3.63, 3.8) is 0 Å². The number of hydrogen-bond acceptors (Lipinski definition) is 7. The number of methoxy groups -OCH3 is 1. The van der Waals surface area contributed by atoms with E-state index in [9.17, 15) is 4.79 Å². The van der Waals surface area contributed by atoms with Gasteiger partial charge in [-0.15, -0.1) is 0 Å². The van der Waals surface area contributed by atoms with Crippen LogP contribution in [0.4, 0.5) is 0 Å². The number of aromatic nitrogens is 2. The highest BCUT2D eigenvalue weighted by molar-refractivity contribution is 14.1. The summed E-state index contributed by atoms with van der Waals surface area (Å²) in [5, 5.41) is 14.4. The Hall–Kier alpha value is -4.17. The maximum atomic E-state index is 13.4. The summed E-state index contributed by atoms with van der Waals surface area (Å²) < 4.78 is 18.9. The lowest BCUT2D eigenvalue weighted by molar-refractivity contribution is 0.365. The summed E-state index contributed by atoms with van der Waals surface area (Å²) in [5.74, 6) is 1.92. The Morgan fingerprint density at radius 1 is 1.11 bits per heavy atom. The van der Waals surface area contributed by atoms with Gasteiger partial charge in [0.1, 0.15) is 23.2 Å². The highest BCUT2D eigenvalue weighted by Crippen LogP contribution is 2.33. The molecule has 0 spiro atoms. The standard InChI is InChI=1S/C26H17IN4O4/c1-33-21-7-4-8-22-18(21)14-24(35-22)25-30-20-6-3-2-5-17(20)26(32)31(25)29-15-16-9-10-23(19(27)13-16)34-12-11-28/h2-10,13-15H,12H2,1H3.